The van der Waals surface area contributed by atoms with Gasteiger partial charge in [-0.05, 0) is 44.2 Å². The molecule has 0 saturated heterocycles. The molecule has 0 spiro atoms. The summed E-state index contributed by atoms with van der Waals surface area (Å²) in [5.74, 6) is 0.0116. The van der Waals surface area contributed by atoms with Crippen molar-refractivity contribution in [2.75, 3.05) is 18.5 Å². The Morgan fingerprint density at radius 1 is 1.23 bits per heavy atom. The van der Waals surface area contributed by atoms with Gasteiger partial charge in [-0.25, -0.2) is 9.50 Å². The average molecular weight is 353 g/mol. The minimum atomic E-state index is -0.391. The van der Waals surface area contributed by atoms with E-state index < -0.39 is 5.91 Å². The zero-order valence-electron chi connectivity index (χ0n) is 14.5. The van der Waals surface area contributed by atoms with Gasteiger partial charge in [0, 0.05) is 18.1 Å². The monoisotopic (exact) mass is 353 g/mol. The number of carbonyl (C=O) groups excluding carboxylic acids is 2. The summed E-state index contributed by atoms with van der Waals surface area (Å²) in [6.45, 7) is 4.05. The molecule has 3 rings (SSSR count). The lowest BCUT2D eigenvalue weighted by Crippen LogP contribution is -2.33. The molecule has 0 aliphatic heterocycles. The van der Waals surface area contributed by atoms with E-state index in [4.69, 9.17) is 4.74 Å². The van der Waals surface area contributed by atoms with Crippen molar-refractivity contribution in [1.29, 1.82) is 0 Å². The van der Waals surface area contributed by atoms with E-state index in [1.807, 2.05) is 6.92 Å². The lowest BCUT2D eigenvalue weighted by Gasteiger charge is -2.08. The Morgan fingerprint density at radius 2 is 2.00 bits per heavy atom. The number of aryl methyl sites for hydroxylation is 1. The number of hydrogen-bond donors (Lipinski definition) is 2. The van der Waals surface area contributed by atoms with Crippen molar-refractivity contribution >= 4 is 23.1 Å². The number of anilines is 1. The number of amides is 2. The van der Waals surface area contributed by atoms with Crippen molar-refractivity contribution in [2.45, 2.75) is 13.8 Å². The fourth-order valence-corrected chi connectivity index (χ4v) is 2.52. The molecule has 134 valence electrons. The number of nitrogens with one attached hydrogen (secondary N) is 2. The second-order valence-corrected chi connectivity index (χ2v) is 5.54. The van der Waals surface area contributed by atoms with Crippen molar-refractivity contribution < 1.29 is 14.3 Å². The van der Waals surface area contributed by atoms with E-state index in [0.717, 1.165) is 5.75 Å². The Morgan fingerprint density at radius 3 is 2.73 bits per heavy atom. The van der Waals surface area contributed by atoms with Gasteiger partial charge in [-0.3, -0.25) is 9.59 Å². The van der Waals surface area contributed by atoms with Crippen LogP contribution in [-0.2, 0) is 4.79 Å². The Kier molecular flexibility index (Phi) is 5.12. The zero-order chi connectivity index (χ0) is 18.5. The molecule has 0 radical (unpaired) electrons. The number of benzene rings is 1. The summed E-state index contributed by atoms with van der Waals surface area (Å²) >= 11 is 0. The molecule has 0 saturated carbocycles. The summed E-state index contributed by atoms with van der Waals surface area (Å²) in [7, 11) is 0. The molecule has 2 heterocycles. The van der Waals surface area contributed by atoms with E-state index in [0.29, 0.717) is 29.2 Å². The van der Waals surface area contributed by atoms with Crippen molar-refractivity contribution in [2.24, 2.45) is 0 Å². The van der Waals surface area contributed by atoms with Crippen LogP contribution in [0.25, 0.3) is 5.65 Å². The molecule has 3 aromatic rings. The van der Waals surface area contributed by atoms with Crippen LogP contribution in [-0.4, -0.2) is 39.6 Å². The second-order valence-electron chi connectivity index (χ2n) is 5.54. The molecule has 2 N–H and O–H groups in total. The van der Waals surface area contributed by atoms with Gasteiger partial charge in [-0.15, -0.1) is 0 Å². The first-order chi connectivity index (χ1) is 12.6. The minimum absolute atomic E-state index is 0.157. The molecule has 0 unspecified atom stereocenters. The third kappa shape index (κ3) is 3.80. The van der Waals surface area contributed by atoms with Crippen molar-refractivity contribution in [3.05, 3.63) is 54.0 Å². The van der Waals surface area contributed by atoms with Gasteiger partial charge in [-0.2, -0.15) is 5.10 Å². The predicted molar refractivity (Wildman–Crippen MR) is 96.3 cm³/mol. The highest BCUT2D eigenvalue weighted by Gasteiger charge is 2.18. The molecule has 0 fully saturated rings. The lowest BCUT2D eigenvalue weighted by atomic mass is 10.2. The maximum Gasteiger partial charge on any atom is 0.257 e. The van der Waals surface area contributed by atoms with Crippen LogP contribution in [0.1, 0.15) is 23.0 Å². The predicted octanol–water partition coefficient (Wildman–Crippen LogP) is 1.80. The van der Waals surface area contributed by atoms with Gasteiger partial charge >= 0.3 is 0 Å². The molecule has 0 aliphatic carbocycles. The Bertz CT molecular complexity index is 934. The number of nitrogens with zero attached hydrogens (tertiary/aromatic N) is 3. The van der Waals surface area contributed by atoms with Gasteiger partial charge < -0.3 is 15.4 Å². The van der Waals surface area contributed by atoms with Crippen LogP contribution < -0.4 is 15.4 Å². The average Bonchev–Trinajstić information content (AvgIpc) is 2.97. The first-order valence-corrected chi connectivity index (χ1v) is 8.19. The van der Waals surface area contributed by atoms with Crippen molar-refractivity contribution in [3.8, 4) is 5.75 Å². The topological polar surface area (TPSA) is 97.6 Å². The van der Waals surface area contributed by atoms with Crippen LogP contribution in [0, 0.1) is 6.92 Å². The first-order valence-electron chi connectivity index (χ1n) is 8.19. The van der Waals surface area contributed by atoms with Crippen LogP contribution in [0.3, 0.4) is 0 Å². The molecular weight excluding hydrogens is 334 g/mol. The molecule has 0 aliphatic rings. The van der Waals surface area contributed by atoms with E-state index in [1.54, 1.807) is 49.6 Å². The number of carbonyl (C=O) groups is 2. The number of fused-ring (bicyclic) bond motifs is 1. The van der Waals surface area contributed by atoms with Gasteiger partial charge in [-0.1, -0.05) is 0 Å². The highest BCUT2D eigenvalue weighted by molar-refractivity contribution is 6.03. The first kappa shape index (κ1) is 17.4. The highest BCUT2D eigenvalue weighted by Crippen LogP contribution is 2.15. The molecule has 8 nitrogen and oxygen atoms in total. The standard InChI is InChI=1S/C18H19N5O3/c1-3-26-14-7-5-13(6-8-14)21-15(24)11-20-18(25)16-12(2)22-23-10-4-9-19-17(16)23/h4-10H,3,11H2,1-2H3,(H,20,25)(H,21,24). The molecule has 8 heteroatoms. The van der Waals surface area contributed by atoms with Gasteiger partial charge in [0.05, 0.1) is 18.8 Å². The second kappa shape index (κ2) is 7.64. The van der Waals surface area contributed by atoms with E-state index >= 15 is 0 Å². The van der Waals surface area contributed by atoms with E-state index in [9.17, 15) is 9.59 Å². The number of ether oxygens (including phenoxy) is 1. The fourth-order valence-electron chi connectivity index (χ4n) is 2.52. The van der Waals surface area contributed by atoms with Crippen LogP contribution in [0.2, 0.25) is 0 Å². The molecule has 2 amide bonds. The lowest BCUT2D eigenvalue weighted by molar-refractivity contribution is -0.115. The zero-order valence-corrected chi connectivity index (χ0v) is 14.5. The molecule has 0 atom stereocenters. The summed E-state index contributed by atoms with van der Waals surface area (Å²) in [4.78, 5) is 28.6. The van der Waals surface area contributed by atoms with E-state index in [1.165, 1.54) is 4.52 Å². The number of rotatable bonds is 6. The minimum Gasteiger partial charge on any atom is -0.494 e. The summed E-state index contributed by atoms with van der Waals surface area (Å²) in [6.07, 6.45) is 3.30. The normalized spacial score (nSPS) is 10.5. The maximum absolute atomic E-state index is 12.4. The maximum atomic E-state index is 12.4. The summed E-state index contributed by atoms with van der Waals surface area (Å²) < 4.78 is 6.88. The third-order valence-electron chi connectivity index (χ3n) is 3.66. The van der Waals surface area contributed by atoms with E-state index in [-0.39, 0.29) is 12.5 Å². The number of hydrogen-bond acceptors (Lipinski definition) is 5. The smallest absolute Gasteiger partial charge is 0.257 e. The van der Waals surface area contributed by atoms with Gasteiger partial charge in [0.2, 0.25) is 5.91 Å². The molecule has 26 heavy (non-hydrogen) atoms. The quantitative estimate of drug-likeness (QED) is 0.704. The third-order valence-corrected chi connectivity index (χ3v) is 3.66. The molecular formula is C18H19N5O3. The Balaban J connectivity index is 1.60. The van der Waals surface area contributed by atoms with Gasteiger partial charge in [0.15, 0.2) is 5.65 Å². The van der Waals surface area contributed by atoms with Crippen LogP contribution >= 0.6 is 0 Å². The van der Waals surface area contributed by atoms with Crippen molar-refractivity contribution in [1.82, 2.24) is 19.9 Å². The summed E-state index contributed by atoms with van der Waals surface area (Å²) in [5, 5.41) is 9.55. The number of aromatic nitrogens is 3. The summed E-state index contributed by atoms with van der Waals surface area (Å²) in [5.41, 5.74) is 1.99. The Labute approximate surface area is 150 Å². The van der Waals surface area contributed by atoms with E-state index in [2.05, 4.69) is 20.7 Å². The fraction of sp³-hybridized carbons (Fsp3) is 0.222. The summed E-state index contributed by atoms with van der Waals surface area (Å²) in [6, 6.07) is 8.75. The van der Waals surface area contributed by atoms with Gasteiger partial charge in [0.1, 0.15) is 11.3 Å². The van der Waals surface area contributed by atoms with Crippen LogP contribution in [0.5, 0.6) is 5.75 Å². The SMILES string of the molecule is CCOc1ccc(NC(=O)CNC(=O)c2c(C)nn3cccnc23)cc1. The van der Waals surface area contributed by atoms with Crippen LogP contribution in [0.4, 0.5) is 5.69 Å². The highest BCUT2D eigenvalue weighted by atomic mass is 16.5. The Hall–Kier alpha value is -3.42. The molecule has 2 aromatic heterocycles. The van der Waals surface area contributed by atoms with Gasteiger partial charge in [0.25, 0.3) is 5.91 Å². The molecule has 1 aromatic carbocycles. The largest absolute Gasteiger partial charge is 0.494 e. The van der Waals surface area contributed by atoms with Crippen molar-refractivity contribution in [3.63, 3.8) is 0 Å². The van der Waals surface area contributed by atoms with Crippen LogP contribution in [0.15, 0.2) is 42.7 Å². The molecule has 0 bridgehead atoms.